The SMILES string of the molecule is Fc1ccc(Cn2cc(CNCc3ccco3)c3ccccc32)cc1. The van der Waals surface area contributed by atoms with E-state index < -0.39 is 0 Å². The van der Waals surface area contributed by atoms with Gasteiger partial charge in [0.05, 0.1) is 12.8 Å². The summed E-state index contributed by atoms with van der Waals surface area (Å²) >= 11 is 0. The van der Waals surface area contributed by atoms with E-state index in [1.54, 1.807) is 6.26 Å². The minimum absolute atomic E-state index is 0.205. The van der Waals surface area contributed by atoms with Crippen LogP contribution < -0.4 is 5.32 Å². The number of nitrogens with one attached hydrogen (secondary N) is 1. The molecule has 3 nitrogen and oxygen atoms in total. The van der Waals surface area contributed by atoms with E-state index in [4.69, 9.17) is 4.42 Å². The van der Waals surface area contributed by atoms with E-state index in [1.165, 1.54) is 28.6 Å². The van der Waals surface area contributed by atoms with E-state index in [9.17, 15) is 4.39 Å². The third-order valence-corrected chi connectivity index (χ3v) is 4.33. The predicted molar refractivity (Wildman–Crippen MR) is 96.7 cm³/mol. The number of hydrogen-bond donors (Lipinski definition) is 1. The fraction of sp³-hybridized carbons (Fsp3) is 0.143. The first-order chi connectivity index (χ1) is 12.3. The van der Waals surface area contributed by atoms with Crippen molar-refractivity contribution in [3.05, 3.63) is 95.8 Å². The van der Waals surface area contributed by atoms with Gasteiger partial charge < -0.3 is 14.3 Å². The molecular formula is C21H19FN2O. The van der Waals surface area contributed by atoms with Crippen LogP contribution in [0.1, 0.15) is 16.9 Å². The maximum Gasteiger partial charge on any atom is 0.123 e. The molecule has 4 aromatic rings. The molecule has 0 aliphatic rings. The molecule has 0 saturated heterocycles. The summed E-state index contributed by atoms with van der Waals surface area (Å²) in [6.45, 7) is 2.18. The number of para-hydroxylation sites is 1. The molecule has 25 heavy (non-hydrogen) atoms. The highest BCUT2D eigenvalue weighted by atomic mass is 19.1. The molecule has 0 atom stereocenters. The monoisotopic (exact) mass is 334 g/mol. The van der Waals surface area contributed by atoms with Gasteiger partial charge in [-0.25, -0.2) is 4.39 Å². The van der Waals surface area contributed by atoms with Crippen molar-refractivity contribution in [3.63, 3.8) is 0 Å². The molecule has 2 heterocycles. The molecule has 0 aliphatic carbocycles. The molecular weight excluding hydrogens is 315 g/mol. The van der Waals surface area contributed by atoms with Gasteiger partial charge in [0.15, 0.2) is 0 Å². The molecule has 2 aromatic heterocycles. The Bertz CT molecular complexity index is 955. The number of benzene rings is 2. The van der Waals surface area contributed by atoms with Crippen LogP contribution in [0.5, 0.6) is 0 Å². The maximum atomic E-state index is 13.1. The highest BCUT2D eigenvalue weighted by Crippen LogP contribution is 2.22. The Morgan fingerprint density at radius 1 is 0.920 bits per heavy atom. The fourth-order valence-electron chi connectivity index (χ4n) is 3.11. The summed E-state index contributed by atoms with van der Waals surface area (Å²) in [4.78, 5) is 0. The molecule has 0 amide bonds. The molecule has 0 saturated carbocycles. The van der Waals surface area contributed by atoms with Gasteiger partial charge in [-0.05, 0) is 41.5 Å². The molecule has 0 bridgehead atoms. The Hall–Kier alpha value is -2.85. The van der Waals surface area contributed by atoms with Gasteiger partial charge in [-0.15, -0.1) is 0 Å². The molecule has 4 heteroatoms. The van der Waals surface area contributed by atoms with Crippen molar-refractivity contribution in [3.8, 4) is 0 Å². The van der Waals surface area contributed by atoms with Crippen LogP contribution in [-0.4, -0.2) is 4.57 Å². The third kappa shape index (κ3) is 3.49. The van der Waals surface area contributed by atoms with Crippen LogP contribution in [-0.2, 0) is 19.6 Å². The van der Waals surface area contributed by atoms with Gasteiger partial charge in [0.25, 0.3) is 0 Å². The van der Waals surface area contributed by atoms with Gasteiger partial charge in [0, 0.05) is 30.2 Å². The quantitative estimate of drug-likeness (QED) is 0.553. The van der Waals surface area contributed by atoms with Crippen molar-refractivity contribution in [1.82, 2.24) is 9.88 Å². The van der Waals surface area contributed by atoms with Gasteiger partial charge in [0.2, 0.25) is 0 Å². The normalized spacial score (nSPS) is 11.2. The number of aromatic nitrogens is 1. The largest absolute Gasteiger partial charge is 0.468 e. The first kappa shape index (κ1) is 15.7. The highest BCUT2D eigenvalue weighted by Gasteiger charge is 2.08. The van der Waals surface area contributed by atoms with Crippen molar-refractivity contribution in [2.24, 2.45) is 0 Å². The van der Waals surface area contributed by atoms with Gasteiger partial charge in [-0.1, -0.05) is 30.3 Å². The number of halogens is 1. The maximum absolute atomic E-state index is 13.1. The molecule has 0 aliphatic heterocycles. The lowest BCUT2D eigenvalue weighted by atomic mass is 10.2. The number of rotatable bonds is 6. The minimum Gasteiger partial charge on any atom is -0.468 e. The van der Waals surface area contributed by atoms with Crippen molar-refractivity contribution in [2.75, 3.05) is 0 Å². The molecule has 2 aromatic carbocycles. The van der Waals surface area contributed by atoms with Crippen LogP contribution in [0.3, 0.4) is 0 Å². The number of fused-ring (bicyclic) bond motifs is 1. The van der Waals surface area contributed by atoms with E-state index in [0.717, 1.165) is 24.4 Å². The lowest BCUT2D eigenvalue weighted by Gasteiger charge is -2.05. The van der Waals surface area contributed by atoms with Crippen LogP contribution in [0.2, 0.25) is 0 Å². The van der Waals surface area contributed by atoms with Gasteiger partial charge in [0.1, 0.15) is 11.6 Å². The Labute approximate surface area is 145 Å². The van der Waals surface area contributed by atoms with E-state index >= 15 is 0 Å². The Kier molecular flexibility index (Phi) is 4.36. The molecule has 0 unspecified atom stereocenters. The van der Waals surface area contributed by atoms with E-state index in [2.05, 4.69) is 34.3 Å². The standard InChI is InChI=1S/C21H19FN2O/c22-18-9-7-16(8-10-18)14-24-15-17(20-5-1-2-6-21(20)24)12-23-13-19-4-3-11-25-19/h1-11,15,23H,12-14H2. The number of furan rings is 1. The first-order valence-corrected chi connectivity index (χ1v) is 8.34. The minimum atomic E-state index is -0.205. The summed E-state index contributed by atoms with van der Waals surface area (Å²) < 4.78 is 20.7. The summed E-state index contributed by atoms with van der Waals surface area (Å²) in [5, 5.41) is 4.66. The Morgan fingerprint density at radius 3 is 2.56 bits per heavy atom. The summed E-state index contributed by atoms with van der Waals surface area (Å²) in [5.74, 6) is 0.721. The lowest BCUT2D eigenvalue weighted by Crippen LogP contribution is -2.11. The smallest absolute Gasteiger partial charge is 0.123 e. The number of nitrogens with zero attached hydrogens (tertiary/aromatic N) is 1. The molecule has 0 radical (unpaired) electrons. The van der Waals surface area contributed by atoms with Gasteiger partial charge >= 0.3 is 0 Å². The predicted octanol–water partition coefficient (Wildman–Crippen LogP) is 4.71. The summed E-state index contributed by atoms with van der Waals surface area (Å²) in [6.07, 6.45) is 3.86. The average molecular weight is 334 g/mol. The molecule has 4 rings (SSSR count). The fourth-order valence-corrected chi connectivity index (χ4v) is 3.11. The zero-order valence-electron chi connectivity index (χ0n) is 13.8. The van der Waals surface area contributed by atoms with Crippen LogP contribution in [0, 0.1) is 5.82 Å². The van der Waals surface area contributed by atoms with Crippen LogP contribution >= 0.6 is 0 Å². The van der Waals surface area contributed by atoms with Crippen LogP contribution in [0.15, 0.2) is 77.5 Å². The molecule has 0 spiro atoms. The van der Waals surface area contributed by atoms with Gasteiger partial charge in [-0.3, -0.25) is 0 Å². The zero-order valence-corrected chi connectivity index (χ0v) is 13.8. The summed E-state index contributed by atoms with van der Waals surface area (Å²) in [7, 11) is 0. The second-order valence-electron chi connectivity index (χ2n) is 6.11. The van der Waals surface area contributed by atoms with E-state index in [-0.39, 0.29) is 5.82 Å². The second-order valence-corrected chi connectivity index (χ2v) is 6.11. The lowest BCUT2D eigenvalue weighted by molar-refractivity contribution is 0.483. The molecule has 1 N–H and O–H groups in total. The highest BCUT2D eigenvalue weighted by molar-refractivity contribution is 5.84. The third-order valence-electron chi connectivity index (χ3n) is 4.33. The number of hydrogen-bond acceptors (Lipinski definition) is 2. The van der Waals surface area contributed by atoms with Crippen LogP contribution in [0.25, 0.3) is 10.9 Å². The Morgan fingerprint density at radius 2 is 1.76 bits per heavy atom. The van der Waals surface area contributed by atoms with Crippen molar-refractivity contribution >= 4 is 10.9 Å². The topological polar surface area (TPSA) is 30.1 Å². The summed E-state index contributed by atoms with van der Waals surface area (Å²) in [5.41, 5.74) is 3.50. The van der Waals surface area contributed by atoms with Gasteiger partial charge in [-0.2, -0.15) is 0 Å². The van der Waals surface area contributed by atoms with Crippen molar-refractivity contribution in [1.29, 1.82) is 0 Å². The second kappa shape index (κ2) is 6.95. The Balaban J connectivity index is 1.56. The summed E-state index contributed by atoms with van der Waals surface area (Å²) in [6, 6.07) is 18.9. The van der Waals surface area contributed by atoms with E-state index in [1.807, 2.05) is 30.3 Å². The molecule has 126 valence electrons. The average Bonchev–Trinajstić information content (AvgIpc) is 3.26. The first-order valence-electron chi connectivity index (χ1n) is 8.34. The molecule has 0 fully saturated rings. The van der Waals surface area contributed by atoms with Crippen LogP contribution in [0.4, 0.5) is 4.39 Å². The zero-order chi connectivity index (χ0) is 17.1. The van der Waals surface area contributed by atoms with Crippen molar-refractivity contribution < 1.29 is 8.81 Å². The van der Waals surface area contributed by atoms with E-state index in [0.29, 0.717) is 6.54 Å². The van der Waals surface area contributed by atoms with Crippen molar-refractivity contribution in [2.45, 2.75) is 19.6 Å².